The maximum Gasteiger partial charge on any atom is 0.266 e. The van der Waals surface area contributed by atoms with Gasteiger partial charge in [-0.05, 0) is 56.2 Å². The molecule has 4 nitrogen and oxygen atoms in total. The fraction of sp³-hybridized carbons (Fsp3) is 0.190. The lowest BCUT2D eigenvalue weighted by Gasteiger charge is -2.14. The number of aromatic nitrogens is 3. The number of benzene rings is 2. The van der Waals surface area contributed by atoms with Gasteiger partial charge in [-0.25, -0.2) is 9.97 Å². The van der Waals surface area contributed by atoms with Crippen molar-refractivity contribution in [3.63, 3.8) is 0 Å². The summed E-state index contributed by atoms with van der Waals surface area (Å²) in [5, 5.41) is 4.42. The Kier molecular flexibility index (Phi) is 4.85. The molecule has 0 saturated carbocycles. The molecule has 0 amide bonds. The van der Waals surface area contributed by atoms with Gasteiger partial charge in [0.05, 0.1) is 27.3 Å². The van der Waals surface area contributed by atoms with E-state index in [9.17, 15) is 4.79 Å². The van der Waals surface area contributed by atoms with E-state index in [4.69, 9.17) is 4.98 Å². The third kappa shape index (κ3) is 3.68. The Morgan fingerprint density at radius 2 is 1.78 bits per heavy atom. The van der Waals surface area contributed by atoms with Gasteiger partial charge in [-0.3, -0.25) is 9.36 Å². The Balaban J connectivity index is 1.88. The lowest BCUT2D eigenvalue weighted by Crippen LogP contribution is -2.22. The van der Waals surface area contributed by atoms with Crippen LogP contribution in [-0.2, 0) is 5.75 Å². The maximum atomic E-state index is 13.3. The normalized spacial score (nSPS) is 11.2. The van der Waals surface area contributed by atoms with Gasteiger partial charge in [0.25, 0.3) is 5.56 Å². The van der Waals surface area contributed by atoms with Crippen LogP contribution in [0.15, 0.2) is 57.8 Å². The predicted molar refractivity (Wildman–Crippen MR) is 113 cm³/mol. The Bertz CT molecular complexity index is 1170. The summed E-state index contributed by atoms with van der Waals surface area (Å²) < 4.78 is 1.73. The Morgan fingerprint density at radius 1 is 1.04 bits per heavy atom. The van der Waals surface area contributed by atoms with Crippen LogP contribution >= 0.6 is 23.1 Å². The molecule has 0 aliphatic rings. The van der Waals surface area contributed by atoms with Crippen molar-refractivity contribution in [2.45, 2.75) is 31.7 Å². The summed E-state index contributed by atoms with van der Waals surface area (Å²) in [6.07, 6.45) is 0. The highest BCUT2D eigenvalue weighted by Gasteiger charge is 2.14. The first-order valence-corrected chi connectivity index (χ1v) is 10.5. The van der Waals surface area contributed by atoms with E-state index >= 15 is 0 Å². The molecule has 0 fully saturated rings. The molecule has 2 aromatic heterocycles. The molecule has 2 aromatic carbocycles. The van der Waals surface area contributed by atoms with Crippen molar-refractivity contribution in [3.8, 4) is 5.69 Å². The van der Waals surface area contributed by atoms with E-state index in [1.54, 1.807) is 27.7 Å². The molecule has 0 N–H and O–H groups in total. The summed E-state index contributed by atoms with van der Waals surface area (Å²) in [6.45, 7) is 6.08. The van der Waals surface area contributed by atoms with Gasteiger partial charge in [-0.15, -0.1) is 11.3 Å². The lowest BCUT2D eigenvalue weighted by molar-refractivity contribution is 0.817. The van der Waals surface area contributed by atoms with Crippen LogP contribution in [0.3, 0.4) is 0 Å². The van der Waals surface area contributed by atoms with Crippen LogP contribution in [0.5, 0.6) is 0 Å². The van der Waals surface area contributed by atoms with Crippen molar-refractivity contribution >= 4 is 34.0 Å². The van der Waals surface area contributed by atoms with Gasteiger partial charge in [0.1, 0.15) is 0 Å². The first-order chi connectivity index (χ1) is 13.0. The molecule has 27 heavy (non-hydrogen) atoms. The summed E-state index contributed by atoms with van der Waals surface area (Å²) >= 11 is 3.18. The van der Waals surface area contributed by atoms with Gasteiger partial charge < -0.3 is 0 Å². The highest BCUT2D eigenvalue weighted by atomic mass is 32.2. The molecule has 0 aliphatic carbocycles. The first kappa shape index (κ1) is 17.9. The van der Waals surface area contributed by atoms with E-state index in [1.165, 1.54) is 0 Å². The number of nitrogens with zero attached hydrogens (tertiary/aromatic N) is 3. The quantitative estimate of drug-likeness (QED) is 0.359. The molecular weight excluding hydrogens is 374 g/mol. The molecular formula is C21H19N3OS2. The minimum Gasteiger partial charge on any atom is -0.268 e. The third-order valence-corrected chi connectivity index (χ3v) is 6.02. The number of fused-ring (bicyclic) bond motifs is 1. The van der Waals surface area contributed by atoms with Crippen molar-refractivity contribution in [1.29, 1.82) is 0 Å². The van der Waals surface area contributed by atoms with Crippen molar-refractivity contribution in [1.82, 2.24) is 14.5 Å². The van der Waals surface area contributed by atoms with Gasteiger partial charge >= 0.3 is 0 Å². The fourth-order valence-electron chi connectivity index (χ4n) is 3.13. The topological polar surface area (TPSA) is 47.8 Å². The molecule has 6 heteroatoms. The largest absolute Gasteiger partial charge is 0.268 e. The summed E-state index contributed by atoms with van der Waals surface area (Å²) in [5.41, 5.74) is 4.79. The lowest BCUT2D eigenvalue weighted by atomic mass is 10.1. The molecule has 0 aliphatic heterocycles. The van der Waals surface area contributed by atoms with Gasteiger partial charge in [-0.2, -0.15) is 0 Å². The molecule has 0 saturated heterocycles. The highest BCUT2D eigenvalue weighted by Crippen LogP contribution is 2.26. The Hall–Kier alpha value is -2.44. The van der Waals surface area contributed by atoms with E-state index < -0.39 is 0 Å². The number of thioether (sulfide) groups is 1. The van der Waals surface area contributed by atoms with E-state index in [1.807, 2.05) is 57.2 Å². The van der Waals surface area contributed by atoms with Crippen molar-refractivity contribution in [2.75, 3.05) is 0 Å². The van der Waals surface area contributed by atoms with Gasteiger partial charge in [0.2, 0.25) is 0 Å². The number of hydrogen-bond donors (Lipinski definition) is 0. The third-order valence-electron chi connectivity index (χ3n) is 4.23. The van der Waals surface area contributed by atoms with Gasteiger partial charge in [0.15, 0.2) is 5.16 Å². The summed E-state index contributed by atoms with van der Waals surface area (Å²) in [4.78, 5) is 22.6. The van der Waals surface area contributed by atoms with E-state index in [0.29, 0.717) is 16.3 Å². The smallest absolute Gasteiger partial charge is 0.266 e. The molecule has 0 spiro atoms. The van der Waals surface area contributed by atoms with Crippen LogP contribution < -0.4 is 5.56 Å². The average Bonchev–Trinajstić information content (AvgIpc) is 3.04. The second-order valence-corrected chi connectivity index (χ2v) is 8.55. The SMILES string of the molecule is Cc1cc(C)cc(-n2c(SCc3csc(C)n3)nc3ccccc3c2=O)c1. The zero-order chi connectivity index (χ0) is 19.0. The summed E-state index contributed by atoms with van der Waals surface area (Å²) in [7, 11) is 0. The van der Waals surface area contributed by atoms with E-state index in [-0.39, 0.29) is 5.56 Å². The van der Waals surface area contributed by atoms with Gasteiger partial charge in [0, 0.05) is 11.1 Å². The van der Waals surface area contributed by atoms with Crippen LogP contribution in [-0.4, -0.2) is 14.5 Å². The Labute approximate surface area is 165 Å². The predicted octanol–water partition coefficient (Wildman–Crippen LogP) is 5.06. The van der Waals surface area contributed by atoms with Crippen molar-refractivity contribution in [2.24, 2.45) is 0 Å². The average molecular weight is 394 g/mol. The zero-order valence-corrected chi connectivity index (χ0v) is 17.0. The molecule has 2 heterocycles. The molecule has 0 atom stereocenters. The number of para-hydroxylation sites is 1. The molecule has 0 radical (unpaired) electrons. The monoisotopic (exact) mass is 393 g/mol. The molecule has 136 valence electrons. The first-order valence-electron chi connectivity index (χ1n) is 8.65. The van der Waals surface area contributed by atoms with Crippen LogP contribution in [0.1, 0.15) is 21.8 Å². The number of aryl methyl sites for hydroxylation is 3. The van der Waals surface area contributed by atoms with E-state index in [0.717, 1.165) is 33.0 Å². The minimum absolute atomic E-state index is 0.0393. The number of hydrogen-bond acceptors (Lipinski definition) is 5. The van der Waals surface area contributed by atoms with Crippen molar-refractivity contribution < 1.29 is 0 Å². The van der Waals surface area contributed by atoms with Crippen LogP contribution in [0.4, 0.5) is 0 Å². The zero-order valence-electron chi connectivity index (χ0n) is 15.4. The van der Waals surface area contributed by atoms with Gasteiger partial charge in [-0.1, -0.05) is 30.0 Å². The van der Waals surface area contributed by atoms with Crippen LogP contribution in [0.25, 0.3) is 16.6 Å². The van der Waals surface area contributed by atoms with Crippen LogP contribution in [0, 0.1) is 20.8 Å². The second-order valence-electron chi connectivity index (χ2n) is 6.54. The van der Waals surface area contributed by atoms with Crippen molar-refractivity contribution in [3.05, 3.63) is 80.0 Å². The maximum absolute atomic E-state index is 13.3. The van der Waals surface area contributed by atoms with Crippen LogP contribution in [0.2, 0.25) is 0 Å². The number of rotatable bonds is 4. The highest BCUT2D eigenvalue weighted by molar-refractivity contribution is 7.98. The second kappa shape index (κ2) is 7.29. The molecule has 4 aromatic rings. The molecule has 0 bridgehead atoms. The Morgan fingerprint density at radius 3 is 2.48 bits per heavy atom. The summed E-state index contributed by atoms with van der Waals surface area (Å²) in [6, 6.07) is 13.7. The standard InChI is InChI=1S/C21H19N3OS2/c1-13-8-14(2)10-17(9-13)24-20(25)18-6-4-5-7-19(18)23-21(24)27-12-16-11-26-15(3)22-16/h4-11H,12H2,1-3H3. The minimum atomic E-state index is -0.0393. The summed E-state index contributed by atoms with van der Waals surface area (Å²) in [5.74, 6) is 0.680. The molecule has 4 rings (SSSR count). The molecule has 0 unspecified atom stereocenters. The van der Waals surface area contributed by atoms with E-state index in [2.05, 4.69) is 16.4 Å². The number of thiazole rings is 1. The fourth-order valence-corrected chi connectivity index (χ4v) is 4.75.